The van der Waals surface area contributed by atoms with Crippen molar-refractivity contribution in [3.05, 3.63) is 63.1 Å². The van der Waals surface area contributed by atoms with Gasteiger partial charge in [0, 0.05) is 23.4 Å². The van der Waals surface area contributed by atoms with Crippen molar-refractivity contribution in [2.24, 2.45) is 0 Å². The van der Waals surface area contributed by atoms with Gasteiger partial charge in [-0.15, -0.1) is 21.5 Å². The van der Waals surface area contributed by atoms with Crippen LogP contribution in [0.15, 0.2) is 30.3 Å². The quantitative estimate of drug-likeness (QED) is 0.486. The molecule has 0 saturated heterocycles. The Morgan fingerprint density at radius 3 is 2.87 bits per heavy atom. The van der Waals surface area contributed by atoms with E-state index in [1.54, 1.807) is 0 Å². The molecule has 1 aliphatic rings. The van der Waals surface area contributed by atoms with E-state index in [0.717, 1.165) is 58.9 Å². The summed E-state index contributed by atoms with van der Waals surface area (Å²) in [5.41, 5.74) is 2.03. The SMILES string of the molecule is Cc1nn(Cc2ccc(Cl)cc2)c2sc(C(=O)NCc3nnc4n3CCCCC4)cc12. The van der Waals surface area contributed by atoms with Crippen LogP contribution >= 0.6 is 22.9 Å². The number of rotatable bonds is 5. The van der Waals surface area contributed by atoms with E-state index >= 15 is 0 Å². The summed E-state index contributed by atoms with van der Waals surface area (Å²) in [5, 5.41) is 18.0. The lowest BCUT2D eigenvalue weighted by atomic mass is 10.2. The topological polar surface area (TPSA) is 77.6 Å². The Bertz CT molecular complexity index is 1240. The van der Waals surface area contributed by atoms with Crippen LogP contribution in [-0.2, 0) is 26.1 Å². The molecule has 5 rings (SSSR count). The largest absolute Gasteiger partial charge is 0.344 e. The Balaban J connectivity index is 1.33. The fourth-order valence-electron chi connectivity index (χ4n) is 4.02. The second-order valence-electron chi connectivity index (χ2n) is 7.88. The van der Waals surface area contributed by atoms with Crippen molar-refractivity contribution in [3.63, 3.8) is 0 Å². The lowest BCUT2D eigenvalue weighted by Gasteiger charge is -2.07. The fraction of sp³-hybridized carbons (Fsp3) is 0.364. The molecule has 3 aromatic heterocycles. The fourth-order valence-corrected chi connectivity index (χ4v) is 5.22. The maximum atomic E-state index is 12.9. The molecule has 1 aliphatic heterocycles. The summed E-state index contributed by atoms with van der Waals surface area (Å²) < 4.78 is 4.11. The second kappa shape index (κ2) is 8.43. The van der Waals surface area contributed by atoms with Crippen molar-refractivity contribution in [1.29, 1.82) is 0 Å². The van der Waals surface area contributed by atoms with Crippen molar-refractivity contribution in [2.45, 2.75) is 52.2 Å². The average Bonchev–Trinajstić information content (AvgIpc) is 3.39. The predicted molar refractivity (Wildman–Crippen MR) is 122 cm³/mol. The summed E-state index contributed by atoms with van der Waals surface area (Å²) in [6, 6.07) is 9.67. The lowest BCUT2D eigenvalue weighted by Crippen LogP contribution is -2.24. The van der Waals surface area contributed by atoms with Gasteiger partial charge in [0.05, 0.1) is 23.7 Å². The predicted octanol–water partition coefficient (Wildman–Crippen LogP) is 4.36. The van der Waals surface area contributed by atoms with Gasteiger partial charge in [-0.25, -0.2) is 0 Å². The third kappa shape index (κ3) is 4.09. The highest BCUT2D eigenvalue weighted by atomic mass is 35.5. The van der Waals surface area contributed by atoms with Gasteiger partial charge >= 0.3 is 0 Å². The monoisotopic (exact) mass is 454 g/mol. The van der Waals surface area contributed by atoms with Gasteiger partial charge in [-0.3, -0.25) is 9.48 Å². The maximum Gasteiger partial charge on any atom is 0.261 e. The van der Waals surface area contributed by atoms with Gasteiger partial charge in [0.15, 0.2) is 5.82 Å². The van der Waals surface area contributed by atoms with Gasteiger partial charge in [0.1, 0.15) is 10.7 Å². The van der Waals surface area contributed by atoms with Crippen molar-refractivity contribution < 1.29 is 4.79 Å². The molecule has 4 aromatic rings. The van der Waals surface area contributed by atoms with Gasteiger partial charge < -0.3 is 9.88 Å². The van der Waals surface area contributed by atoms with Crippen LogP contribution < -0.4 is 5.32 Å². The number of fused-ring (bicyclic) bond motifs is 2. The molecule has 0 unspecified atom stereocenters. The Morgan fingerprint density at radius 1 is 1.19 bits per heavy atom. The van der Waals surface area contributed by atoms with Crippen LogP contribution in [-0.4, -0.2) is 30.5 Å². The van der Waals surface area contributed by atoms with E-state index in [-0.39, 0.29) is 5.91 Å². The molecule has 0 bridgehead atoms. The van der Waals surface area contributed by atoms with Crippen molar-refractivity contribution in [1.82, 2.24) is 29.9 Å². The van der Waals surface area contributed by atoms with Crippen LogP contribution in [0.4, 0.5) is 0 Å². The first-order valence-electron chi connectivity index (χ1n) is 10.5. The number of aromatic nitrogens is 5. The molecular formula is C22H23ClN6OS. The molecule has 7 nitrogen and oxygen atoms in total. The number of amides is 1. The van der Waals surface area contributed by atoms with E-state index in [0.29, 0.717) is 23.0 Å². The summed E-state index contributed by atoms with van der Waals surface area (Å²) in [7, 11) is 0. The molecule has 0 fully saturated rings. The number of thiophene rings is 1. The zero-order valence-corrected chi connectivity index (χ0v) is 18.8. The average molecular weight is 455 g/mol. The molecule has 31 heavy (non-hydrogen) atoms. The van der Waals surface area contributed by atoms with Crippen LogP contribution in [0.5, 0.6) is 0 Å². The van der Waals surface area contributed by atoms with Gasteiger partial charge in [0.25, 0.3) is 5.91 Å². The smallest absolute Gasteiger partial charge is 0.261 e. The number of benzene rings is 1. The Kier molecular flexibility index (Phi) is 5.50. The molecule has 160 valence electrons. The van der Waals surface area contributed by atoms with E-state index < -0.39 is 0 Å². The summed E-state index contributed by atoms with van der Waals surface area (Å²) >= 11 is 7.46. The highest BCUT2D eigenvalue weighted by molar-refractivity contribution is 7.20. The first-order chi connectivity index (χ1) is 15.1. The minimum absolute atomic E-state index is 0.0929. The molecule has 0 spiro atoms. The highest BCUT2D eigenvalue weighted by Gasteiger charge is 2.19. The third-order valence-corrected chi connectivity index (χ3v) is 7.07. The Morgan fingerprint density at radius 2 is 2.03 bits per heavy atom. The third-order valence-electron chi connectivity index (χ3n) is 5.67. The van der Waals surface area contributed by atoms with E-state index in [4.69, 9.17) is 11.6 Å². The van der Waals surface area contributed by atoms with Crippen LogP contribution in [0.3, 0.4) is 0 Å². The molecule has 1 amide bonds. The molecule has 0 saturated carbocycles. The van der Waals surface area contributed by atoms with Crippen LogP contribution in [0, 0.1) is 6.92 Å². The van der Waals surface area contributed by atoms with Gasteiger partial charge in [-0.05, 0) is 43.5 Å². The number of nitrogens with one attached hydrogen (secondary N) is 1. The van der Waals surface area contributed by atoms with Gasteiger partial charge in [-0.1, -0.05) is 30.2 Å². The molecule has 0 atom stereocenters. The standard InChI is InChI=1S/C22H23ClN6OS/c1-14-17-11-18(31-22(17)29(27-14)13-15-6-8-16(23)9-7-15)21(30)24-12-20-26-25-19-5-3-2-4-10-28(19)20/h6-9,11H,2-5,10,12-13H2,1H3,(H,24,30). The molecule has 0 radical (unpaired) electrons. The number of carbonyl (C=O) groups is 1. The van der Waals surface area contributed by atoms with Crippen LogP contribution in [0.1, 0.15) is 51.8 Å². The summed E-state index contributed by atoms with van der Waals surface area (Å²) in [4.78, 5) is 14.5. The Hall–Kier alpha value is -2.71. The molecule has 1 N–H and O–H groups in total. The van der Waals surface area contributed by atoms with E-state index in [2.05, 4.69) is 25.2 Å². The number of hydrogen-bond donors (Lipinski definition) is 1. The van der Waals surface area contributed by atoms with E-state index in [1.807, 2.05) is 41.9 Å². The molecule has 0 aliphatic carbocycles. The van der Waals surface area contributed by atoms with Crippen LogP contribution in [0.25, 0.3) is 10.2 Å². The zero-order valence-electron chi connectivity index (χ0n) is 17.3. The molecule has 9 heteroatoms. The second-order valence-corrected chi connectivity index (χ2v) is 9.34. The number of nitrogens with zero attached hydrogens (tertiary/aromatic N) is 5. The highest BCUT2D eigenvalue weighted by Crippen LogP contribution is 2.29. The van der Waals surface area contributed by atoms with E-state index in [9.17, 15) is 4.79 Å². The number of carbonyl (C=O) groups excluding carboxylic acids is 1. The molecular weight excluding hydrogens is 432 g/mol. The van der Waals surface area contributed by atoms with Crippen molar-refractivity contribution in [3.8, 4) is 0 Å². The maximum absolute atomic E-state index is 12.9. The van der Waals surface area contributed by atoms with Crippen molar-refractivity contribution in [2.75, 3.05) is 0 Å². The number of hydrogen-bond acceptors (Lipinski definition) is 5. The zero-order chi connectivity index (χ0) is 21.4. The van der Waals surface area contributed by atoms with Gasteiger partial charge in [-0.2, -0.15) is 5.10 Å². The normalized spacial score (nSPS) is 13.9. The van der Waals surface area contributed by atoms with Crippen molar-refractivity contribution >= 4 is 39.1 Å². The number of halogens is 1. The summed E-state index contributed by atoms with van der Waals surface area (Å²) in [5.74, 6) is 1.77. The minimum atomic E-state index is -0.0929. The van der Waals surface area contributed by atoms with Gasteiger partial charge in [0.2, 0.25) is 0 Å². The minimum Gasteiger partial charge on any atom is -0.344 e. The molecule has 1 aromatic carbocycles. The van der Waals surface area contributed by atoms with E-state index in [1.165, 1.54) is 17.8 Å². The van der Waals surface area contributed by atoms with Crippen LogP contribution in [0.2, 0.25) is 5.02 Å². The summed E-state index contributed by atoms with van der Waals surface area (Å²) in [6.45, 7) is 3.92. The first-order valence-corrected chi connectivity index (χ1v) is 11.7. The molecule has 4 heterocycles. The summed E-state index contributed by atoms with van der Waals surface area (Å²) in [6.07, 6.45) is 4.45. The Labute approximate surface area is 189 Å². The number of aryl methyl sites for hydroxylation is 2. The first kappa shape index (κ1) is 20.2. The lowest BCUT2D eigenvalue weighted by molar-refractivity contribution is 0.0953.